The second-order valence-corrected chi connectivity index (χ2v) is 5.91. The minimum atomic E-state index is -1.18. The third-order valence-electron chi connectivity index (χ3n) is 3.31. The topological polar surface area (TPSA) is 75.6 Å². The molecule has 1 heterocycles. The van der Waals surface area contributed by atoms with Crippen molar-refractivity contribution in [2.45, 2.75) is 25.0 Å². The van der Waals surface area contributed by atoms with Crippen LogP contribution in [0.1, 0.15) is 18.4 Å². The van der Waals surface area contributed by atoms with E-state index in [0.29, 0.717) is 12.8 Å². The number of carbonyl (C=O) groups excluding carboxylic acids is 1. The standard InChI is InChI=1S/C14H17NO4S/c16-12(17)14(6-8-20-9-7-14)15-13(18)19-10-11-4-2-1-3-5-11/h1-5H,6-10H2,(H,15,18)(H,16,17). The van der Waals surface area contributed by atoms with E-state index >= 15 is 0 Å². The average molecular weight is 295 g/mol. The predicted molar refractivity (Wildman–Crippen MR) is 76.7 cm³/mol. The van der Waals surface area contributed by atoms with Gasteiger partial charge >= 0.3 is 12.1 Å². The Bertz CT molecular complexity index is 471. The van der Waals surface area contributed by atoms with Crippen LogP contribution in [0.15, 0.2) is 30.3 Å². The highest BCUT2D eigenvalue weighted by Gasteiger charge is 2.41. The molecule has 6 heteroatoms. The fourth-order valence-corrected chi connectivity index (χ4v) is 3.26. The highest BCUT2D eigenvalue weighted by molar-refractivity contribution is 7.99. The Morgan fingerprint density at radius 1 is 1.25 bits per heavy atom. The van der Waals surface area contributed by atoms with Gasteiger partial charge in [-0.3, -0.25) is 0 Å². The van der Waals surface area contributed by atoms with Crippen molar-refractivity contribution in [3.63, 3.8) is 0 Å². The van der Waals surface area contributed by atoms with E-state index in [2.05, 4.69) is 5.32 Å². The van der Waals surface area contributed by atoms with E-state index in [-0.39, 0.29) is 6.61 Å². The van der Waals surface area contributed by atoms with Crippen molar-refractivity contribution >= 4 is 23.8 Å². The molecule has 2 rings (SSSR count). The number of thioether (sulfide) groups is 1. The van der Waals surface area contributed by atoms with Crippen LogP contribution in [0.3, 0.4) is 0 Å². The number of alkyl carbamates (subject to hydrolysis) is 1. The summed E-state index contributed by atoms with van der Waals surface area (Å²) in [5, 5.41) is 11.9. The number of rotatable bonds is 4. The smallest absolute Gasteiger partial charge is 0.408 e. The number of carboxylic acid groups (broad SMARTS) is 1. The van der Waals surface area contributed by atoms with Crippen molar-refractivity contribution in [3.8, 4) is 0 Å². The van der Waals surface area contributed by atoms with Crippen molar-refractivity contribution in [2.75, 3.05) is 11.5 Å². The number of benzene rings is 1. The molecule has 0 aliphatic carbocycles. The van der Waals surface area contributed by atoms with E-state index in [4.69, 9.17) is 4.74 Å². The van der Waals surface area contributed by atoms with Crippen molar-refractivity contribution in [1.29, 1.82) is 0 Å². The van der Waals surface area contributed by atoms with Crippen LogP contribution < -0.4 is 5.32 Å². The fraction of sp³-hybridized carbons (Fsp3) is 0.429. The second-order valence-electron chi connectivity index (χ2n) is 4.69. The molecule has 2 N–H and O–H groups in total. The molecule has 1 aliphatic heterocycles. The lowest BCUT2D eigenvalue weighted by molar-refractivity contribution is -0.145. The number of nitrogens with one attached hydrogen (secondary N) is 1. The van der Waals surface area contributed by atoms with Gasteiger partial charge in [-0.15, -0.1) is 0 Å². The summed E-state index contributed by atoms with van der Waals surface area (Å²) < 4.78 is 5.09. The summed E-state index contributed by atoms with van der Waals surface area (Å²) in [5.41, 5.74) is -0.315. The Morgan fingerprint density at radius 3 is 2.50 bits per heavy atom. The minimum absolute atomic E-state index is 0.136. The number of amides is 1. The Balaban J connectivity index is 1.90. The Labute approximate surface area is 121 Å². The van der Waals surface area contributed by atoms with Gasteiger partial charge in [0.05, 0.1) is 0 Å². The van der Waals surface area contributed by atoms with Crippen LogP contribution >= 0.6 is 11.8 Å². The Morgan fingerprint density at radius 2 is 1.90 bits per heavy atom. The lowest BCUT2D eigenvalue weighted by atomic mass is 9.93. The number of carboxylic acids is 1. The summed E-state index contributed by atoms with van der Waals surface area (Å²) in [6, 6.07) is 9.28. The molecular weight excluding hydrogens is 278 g/mol. The first-order valence-corrected chi connectivity index (χ1v) is 7.58. The lowest BCUT2D eigenvalue weighted by Crippen LogP contribution is -2.56. The Hall–Kier alpha value is -1.69. The van der Waals surface area contributed by atoms with Gasteiger partial charge < -0.3 is 15.2 Å². The van der Waals surface area contributed by atoms with Gasteiger partial charge in [0, 0.05) is 0 Å². The first-order chi connectivity index (χ1) is 9.62. The maximum atomic E-state index is 11.8. The monoisotopic (exact) mass is 295 g/mol. The zero-order valence-electron chi connectivity index (χ0n) is 11.0. The van der Waals surface area contributed by atoms with Crippen LogP contribution in [-0.2, 0) is 16.1 Å². The molecule has 108 valence electrons. The SMILES string of the molecule is O=C(NC1(C(=O)O)CCSCC1)OCc1ccccc1. The van der Waals surface area contributed by atoms with E-state index in [1.165, 1.54) is 0 Å². The van der Waals surface area contributed by atoms with Crippen molar-refractivity contribution in [1.82, 2.24) is 5.32 Å². The van der Waals surface area contributed by atoms with Crippen molar-refractivity contribution < 1.29 is 19.4 Å². The van der Waals surface area contributed by atoms with Gasteiger partial charge in [-0.25, -0.2) is 9.59 Å². The molecule has 0 aromatic heterocycles. The number of hydrogen-bond donors (Lipinski definition) is 2. The van der Waals surface area contributed by atoms with Crippen LogP contribution in [0.2, 0.25) is 0 Å². The normalized spacial score (nSPS) is 17.2. The first-order valence-electron chi connectivity index (χ1n) is 6.42. The van der Waals surface area contributed by atoms with Gasteiger partial charge in [0.2, 0.25) is 0 Å². The summed E-state index contributed by atoms with van der Waals surface area (Å²) in [6.07, 6.45) is 0.170. The molecule has 0 unspecified atom stereocenters. The van der Waals surface area contributed by atoms with Gasteiger partial charge in [0.25, 0.3) is 0 Å². The number of aliphatic carboxylic acids is 1. The number of carbonyl (C=O) groups is 2. The zero-order valence-corrected chi connectivity index (χ0v) is 11.8. The van der Waals surface area contributed by atoms with Gasteiger partial charge in [0.1, 0.15) is 12.1 Å². The molecule has 5 nitrogen and oxygen atoms in total. The third-order valence-corrected chi connectivity index (χ3v) is 4.30. The van der Waals surface area contributed by atoms with E-state index in [1.807, 2.05) is 30.3 Å². The molecule has 0 bridgehead atoms. The van der Waals surface area contributed by atoms with Gasteiger partial charge in [0.15, 0.2) is 0 Å². The highest BCUT2D eigenvalue weighted by Crippen LogP contribution is 2.27. The van der Waals surface area contributed by atoms with Crippen LogP contribution in [0.4, 0.5) is 4.79 Å². The maximum absolute atomic E-state index is 11.8. The quantitative estimate of drug-likeness (QED) is 0.891. The lowest BCUT2D eigenvalue weighted by Gasteiger charge is -2.33. The molecule has 1 aliphatic rings. The summed E-state index contributed by atoms with van der Waals surface area (Å²) in [7, 11) is 0. The molecule has 0 spiro atoms. The highest BCUT2D eigenvalue weighted by atomic mass is 32.2. The average Bonchev–Trinajstić information content (AvgIpc) is 2.47. The fourth-order valence-electron chi connectivity index (χ4n) is 2.07. The van der Waals surface area contributed by atoms with Gasteiger partial charge in [-0.05, 0) is 29.9 Å². The minimum Gasteiger partial charge on any atom is -0.480 e. The molecule has 0 saturated carbocycles. The van der Waals surface area contributed by atoms with Gasteiger partial charge in [-0.2, -0.15) is 11.8 Å². The molecular formula is C14H17NO4S. The Kier molecular flexibility index (Phi) is 4.89. The molecule has 1 fully saturated rings. The van der Waals surface area contributed by atoms with Crippen molar-refractivity contribution in [2.24, 2.45) is 0 Å². The second kappa shape index (κ2) is 6.65. The first kappa shape index (κ1) is 14.7. The molecule has 0 radical (unpaired) electrons. The molecule has 1 saturated heterocycles. The summed E-state index contributed by atoms with van der Waals surface area (Å²) >= 11 is 1.70. The summed E-state index contributed by atoms with van der Waals surface area (Å²) in [5.74, 6) is 0.464. The van der Waals surface area contributed by atoms with Crippen LogP contribution in [-0.4, -0.2) is 34.2 Å². The van der Waals surface area contributed by atoms with Crippen LogP contribution in [0.5, 0.6) is 0 Å². The van der Waals surface area contributed by atoms with E-state index in [1.54, 1.807) is 11.8 Å². The maximum Gasteiger partial charge on any atom is 0.408 e. The third kappa shape index (κ3) is 3.66. The van der Waals surface area contributed by atoms with E-state index < -0.39 is 17.6 Å². The molecule has 1 aromatic carbocycles. The number of ether oxygens (including phenoxy) is 1. The molecule has 1 amide bonds. The predicted octanol–water partition coefficient (Wildman–Crippen LogP) is 2.26. The molecule has 20 heavy (non-hydrogen) atoms. The van der Waals surface area contributed by atoms with E-state index in [0.717, 1.165) is 17.1 Å². The number of hydrogen-bond acceptors (Lipinski definition) is 4. The van der Waals surface area contributed by atoms with Crippen LogP contribution in [0, 0.1) is 0 Å². The summed E-state index contributed by atoms with van der Waals surface area (Å²) in [4.78, 5) is 23.2. The molecule has 0 atom stereocenters. The molecule has 1 aromatic rings. The largest absolute Gasteiger partial charge is 0.480 e. The van der Waals surface area contributed by atoms with Crippen molar-refractivity contribution in [3.05, 3.63) is 35.9 Å². The van der Waals surface area contributed by atoms with Crippen LogP contribution in [0.25, 0.3) is 0 Å². The summed E-state index contributed by atoms with van der Waals surface area (Å²) in [6.45, 7) is 0.136. The van der Waals surface area contributed by atoms with E-state index in [9.17, 15) is 14.7 Å². The zero-order chi connectivity index (χ0) is 14.4. The van der Waals surface area contributed by atoms with Gasteiger partial charge in [-0.1, -0.05) is 30.3 Å².